The first-order valence-corrected chi connectivity index (χ1v) is 9.96. The van der Waals surface area contributed by atoms with Crippen LogP contribution >= 0.6 is 0 Å². The number of aryl methyl sites for hydroxylation is 1. The Hall–Kier alpha value is -2.74. The zero-order chi connectivity index (χ0) is 21.9. The largest absolute Gasteiger partial charge is 0.418 e. The molecule has 1 aromatic carbocycles. The van der Waals surface area contributed by atoms with E-state index < -0.39 is 11.7 Å². The van der Waals surface area contributed by atoms with Gasteiger partial charge in [0.1, 0.15) is 0 Å². The molecule has 0 spiro atoms. The Bertz CT molecular complexity index is 1010. The summed E-state index contributed by atoms with van der Waals surface area (Å²) in [5, 5.41) is 3.15. The number of rotatable bonds is 5. The number of aromatic nitrogens is 2. The molecule has 0 bridgehead atoms. The number of allylic oxidation sites excluding steroid dienone is 3. The van der Waals surface area contributed by atoms with Gasteiger partial charge < -0.3 is 14.8 Å². The normalized spacial score (nSPS) is 15.9. The number of nitrogens with one attached hydrogen (secondary N) is 1. The second-order valence-corrected chi connectivity index (χ2v) is 7.46. The summed E-state index contributed by atoms with van der Waals surface area (Å²) in [7, 11) is 1.59. The molecule has 0 amide bonds. The van der Waals surface area contributed by atoms with Crippen LogP contribution < -0.4 is 15.9 Å². The maximum absolute atomic E-state index is 13.9. The third-order valence-corrected chi connectivity index (χ3v) is 5.30. The summed E-state index contributed by atoms with van der Waals surface area (Å²) in [6.45, 7) is 6.22. The molecule has 1 aliphatic rings. The molecule has 0 aliphatic carbocycles. The van der Waals surface area contributed by atoms with Gasteiger partial charge in [-0.25, -0.2) is 4.79 Å². The lowest BCUT2D eigenvalue weighted by atomic mass is 10.1. The van der Waals surface area contributed by atoms with Gasteiger partial charge in [0.25, 0.3) is 0 Å². The predicted molar refractivity (Wildman–Crippen MR) is 114 cm³/mol. The van der Waals surface area contributed by atoms with Crippen LogP contribution in [-0.2, 0) is 13.2 Å². The molecule has 2 heterocycles. The van der Waals surface area contributed by atoms with Crippen molar-refractivity contribution >= 4 is 11.8 Å². The number of benzene rings is 1. The highest BCUT2D eigenvalue weighted by Crippen LogP contribution is 2.38. The first kappa shape index (κ1) is 22.0. The quantitative estimate of drug-likeness (QED) is 0.745. The summed E-state index contributed by atoms with van der Waals surface area (Å²) in [6, 6.07) is 4.14. The van der Waals surface area contributed by atoms with E-state index in [1.165, 1.54) is 15.2 Å². The van der Waals surface area contributed by atoms with Crippen LogP contribution in [0.15, 0.2) is 46.9 Å². The number of imidazole rings is 1. The fourth-order valence-corrected chi connectivity index (χ4v) is 3.51. The fraction of sp³-hybridized carbons (Fsp3) is 0.409. The standard InChI is InChI=1S/C22H27F3N4O/c1-4-16(2)6-5-7-18-15-27(3)21(30)29(18)17-8-9-20(19(14-17)22(23,24)25)28-12-10-26-11-13-28/h4-5,7-9,14-15,26H,6,10-13H2,1-3H3/b7-5+,16-4+. The van der Waals surface area contributed by atoms with Crippen LogP contribution in [0.1, 0.15) is 31.5 Å². The van der Waals surface area contributed by atoms with Crippen molar-refractivity contribution in [1.82, 2.24) is 14.5 Å². The van der Waals surface area contributed by atoms with E-state index in [-0.39, 0.29) is 17.1 Å². The van der Waals surface area contributed by atoms with Gasteiger partial charge >= 0.3 is 11.9 Å². The minimum atomic E-state index is -4.52. The zero-order valence-corrected chi connectivity index (χ0v) is 17.5. The van der Waals surface area contributed by atoms with Gasteiger partial charge in [0.2, 0.25) is 0 Å². The van der Waals surface area contributed by atoms with Crippen LogP contribution in [0, 0.1) is 0 Å². The molecular weight excluding hydrogens is 393 g/mol. The van der Waals surface area contributed by atoms with Crippen molar-refractivity contribution in [2.45, 2.75) is 26.4 Å². The molecular formula is C22H27F3N4O. The van der Waals surface area contributed by atoms with Gasteiger partial charge in [-0.2, -0.15) is 13.2 Å². The fourth-order valence-electron chi connectivity index (χ4n) is 3.51. The first-order chi connectivity index (χ1) is 14.2. The van der Waals surface area contributed by atoms with Crippen LogP contribution in [0.2, 0.25) is 0 Å². The van der Waals surface area contributed by atoms with Crippen molar-refractivity contribution in [1.29, 1.82) is 0 Å². The molecule has 0 unspecified atom stereocenters. The molecule has 162 valence electrons. The second kappa shape index (κ2) is 8.95. The first-order valence-electron chi connectivity index (χ1n) is 9.96. The highest BCUT2D eigenvalue weighted by Gasteiger charge is 2.36. The SMILES string of the molecule is C/C=C(\C)C/C=C/c1cn(C)c(=O)n1-c1ccc(N2CCNCC2)c(C(F)(F)F)c1. The topological polar surface area (TPSA) is 42.2 Å². The number of piperazine rings is 1. The third kappa shape index (κ3) is 4.70. The Balaban J connectivity index is 2.07. The van der Waals surface area contributed by atoms with E-state index in [1.807, 2.05) is 26.0 Å². The summed E-state index contributed by atoms with van der Waals surface area (Å²) in [4.78, 5) is 14.4. The Morgan fingerprint density at radius 1 is 1.23 bits per heavy atom. The smallest absolute Gasteiger partial charge is 0.368 e. The van der Waals surface area contributed by atoms with Crippen LogP contribution in [0.25, 0.3) is 11.8 Å². The van der Waals surface area contributed by atoms with Crippen molar-refractivity contribution < 1.29 is 13.2 Å². The lowest BCUT2D eigenvalue weighted by Gasteiger charge is -2.31. The minimum absolute atomic E-state index is 0.150. The Labute approximate surface area is 174 Å². The number of halogens is 3. The molecule has 1 fully saturated rings. The molecule has 0 atom stereocenters. The van der Waals surface area contributed by atoms with E-state index >= 15 is 0 Å². The number of anilines is 1. The Kier molecular flexibility index (Phi) is 6.55. The summed E-state index contributed by atoms with van der Waals surface area (Å²) in [5.41, 5.74) is 0.940. The lowest BCUT2D eigenvalue weighted by Crippen LogP contribution is -2.44. The maximum Gasteiger partial charge on any atom is 0.418 e. The molecule has 30 heavy (non-hydrogen) atoms. The van der Waals surface area contributed by atoms with Gasteiger partial charge in [-0.3, -0.25) is 4.57 Å². The molecule has 8 heteroatoms. The Morgan fingerprint density at radius 3 is 2.57 bits per heavy atom. The van der Waals surface area contributed by atoms with Gasteiger partial charge in [-0.1, -0.05) is 17.7 Å². The van der Waals surface area contributed by atoms with Gasteiger partial charge in [-0.05, 0) is 44.5 Å². The van der Waals surface area contributed by atoms with E-state index in [2.05, 4.69) is 5.32 Å². The molecule has 1 aliphatic heterocycles. The predicted octanol–water partition coefficient (Wildman–Crippen LogP) is 3.97. The molecule has 3 rings (SSSR count). The Morgan fingerprint density at radius 2 is 1.93 bits per heavy atom. The van der Waals surface area contributed by atoms with Crippen molar-refractivity contribution in [3.63, 3.8) is 0 Å². The van der Waals surface area contributed by atoms with E-state index in [0.717, 1.165) is 11.6 Å². The average Bonchev–Trinajstić information content (AvgIpc) is 3.01. The van der Waals surface area contributed by atoms with Crippen molar-refractivity contribution in [3.8, 4) is 5.69 Å². The minimum Gasteiger partial charge on any atom is -0.368 e. The molecule has 5 nitrogen and oxygen atoms in total. The maximum atomic E-state index is 13.9. The van der Waals surface area contributed by atoms with Gasteiger partial charge in [0, 0.05) is 45.1 Å². The number of alkyl halides is 3. The molecule has 2 aromatic rings. The molecule has 0 radical (unpaired) electrons. The van der Waals surface area contributed by atoms with Crippen LogP contribution in [0.4, 0.5) is 18.9 Å². The molecule has 1 N–H and O–H groups in total. The van der Waals surface area contributed by atoms with Gasteiger partial charge in [0.05, 0.1) is 16.9 Å². The van der Waals surface area contributed by atoms with Crippen LogP contribution in [-0.4, -0.2) is 35.3 Å². The molecule has 0 saturated carbocycles. The molecule has 1 aromatic heterocycles. The van der Waals surface area contributed by atoms with Crippen molar-refractivity contribution in [2.24, 2.45) is 7.05 Å². The summed E-state index contributed by atoms with van der Waals surface area (Å²) < 4.78 is 44.3. The summed E-state index contributed by atoms with van der Waals surface area (Å²) in [5.74, 6) is 0. The van der Waals surface area contributed by atoms with Gasteiger partial charge in [-0.15, -0.1) is 0 Å². The second-order valence-electron chi connectivity index (χ2n) is 7.46. The third-order valence-electron chi connectivity index (χ3n) is 5.30. The molecule has 1 saturated heterocycles. The zero-order valence-electron chi connectivity index (χ0n) is 17.5. The van der Waals surface area contributed by atoms with Crippen LogP contribution in [0.3, 0.4) is 0 Å². The lowest BCUT2D eigenvalue weighted by molar-refractivity contribution is -0.137. The highest BCUT2D eigenvalue weighted by atomic mass is 19.4. The average molecular weight is 420 g/mol. The van der Waals surface area contributed by atoms with Gasteiger partial charge in [0.15, 0.2) is 0 Å². The van der Waals surface area contributed by atoms with E-state index in [9.17, 15) is 18.0 Å². The number of hydrogen-bond donors (Lipinski definition) is 1. The van der Waals surface area contributed by atoms with Crippen molar-refractivity contribution in [3.05, 3.63) is 63.9 Å². The monoisotopic (exact) mass is 420 g/mol. The van der Waals surface area contributed by atoms with E-state index in [0.29, 0.717) is 38.3 Å². The van der Waals surface area contributed by atoms with E-state index in [1.54, 1.807) is 30.3 Å². The van der Waals surface area contributed by atoms with Crippen LogP contribution in [0.5, 0.6) is 0 Å². The number of nitrogens with zero attached hydrogens (tertiary/aromatic N) is 3. The van der Waals surface area contributed by atoms with E-state index in [4.69, 9.17) is 0 Å². The summed E-state index contributed by atoms with van der Waals surface area (Å²) in [6.07, 6.45) is 3.48. The number of hydrogen-bond acceptors (Lipinski definition) is 3. The summed E-state index contributed by atoms with van der Waals surface area (Å²) >= 11 is 0. The highest BCUT2D eigenvalue weighted by molar-refractivity contribution is 5.61. The van der Waals surface area contributed by atoms with Crippen molar-refractivity contribution in [2.75, 3.05) is 31.1 Å².